The summed E-state index contributed by atoms with van der Waals surface area (Å²) in [5, 5.41) is 8.65. The molecule has 2 rings (SSSR count). The second-order valence-electron chi connectivity index (χ2n) is 4.17. The number of aromatic nitrogens is 1. The highest BCUT2D eigenvalue weighted by Crippen LogP contribution is 2.17. The number of oxazole rings is 1. The topological polar surface area (TPSA) is 63.3 Å². The number of hydrogen-bond acceptors (Lipinski definition) is 3. The first-order valence-corrected chi connectivity index (χ1v) is 6.30. The maximum atomic E-state index is 10.5. The minimum Gasteiger partial charge on any atom is -0.481 e. The van der Waals surface area contributed by atoms with Crippen molar-refractivity contribution in [1.82, 2.24) is 4.98 Å². The Bertz CT molecular complexity index is 608. The van der Waals surface area contributed by atoms with Gasteiger partial charge in [-0.3, -0.25) is 4.79 Å². The summed E-state index contributed by atoms with van der Waals surface area (Å²) in [6.45, 7) is 0. The molecule has 1 aromatic heterocycles. The van der Waals surface area contributed by atoms with E-state index in [0.29, 0.717) is 18.0 Å². The summed E-state index contributed by atoms with van der Waals surface area (Å²) in [6, 6.07) is 17.2. The van der Waals surface area contributed by atoms with Crippen LogP contribution in [-0.4, -0.2) is 16.1 Å². The van der Waals surface area contributed by atoms with Gasteiger partial charge in [-0.1, -0.05) is 42.5 Å². The summed E-state index contributed by atoms with van der Waals surface area (Å²) < 4.78 is 5.41. The van der Waals surface area contributed by atoms with Crippen LogP contribution in [-0.2, 0) is 11.2 Å². The average Bonchev–Trinajstić information content (AvgIpc) is 2.91. The zero-order valence-electron chi connectivity index (χ0n) is 10.9. The molecule has 1 aromatic carbocycles. The van der Waals surface area contributed by atoms with Gasteiger partial charge in [-0.2, -0.15) is 0 Å². The molecule has 0 saturated carbocycles. The molecule has 0 fully saturated rings. The number of carboxylic acid groups (broad SMARTS) is 1. The highest BCUT2D eigenvalue weighted by Gasteiger charge is 2.07. The maximum Gasteiger partial charge on any atom is 0.303 e. The van der Waals surface area contributed by atoms with Crippen molar-refractivity contribution in [1.29, 1.82) is 0 Å². The van der Waals surface area contributed by atoms with Crippen LogP contribution in [0.4, 0.5) is 0 Å². The number of rotatable bonds is 4. The second kappa shape index (κ2) is 7.09. The van der Waals surface area contributed by atoms with Crippen LogP contribution in [0.3, 0.4) is 0 Å². The van der Waals surface area contributed by atoms with Gasteiger partial charge in [0, 0.05) is 12.0 Å². The van der Waals surface area contributed by atoms with Crippen LogP contribution in [0.15, 0.2) is 65.3 Å². The molecule has 102 valence electrons. The van der Waals surface area contributed by atoms with Gasteiger partial charge < -0.3 is 9.52 Å². The molecule has 0 saturated heterocycles. The third kappa shape index (κ3) is 4.24. The lowest BCUT2D eigenvalue weighted by Crippen LogP contribution is -1.97. The monoisotopic (exact) mass is 269 g/mol. The highest BCUT2D eigenvalue weighted by molar-refractivity contribution is 5.67. The molecule has 0 aliphatic rings. The van der Waals surface area contributed by atoms with Crippen molar-refractivity contribution in [3.63, 3.8) is 0 Å². The van der Waals surface area contributed by atoms with Crippen molar-refractivity contribution >= 4 is 5.97 Å². The van der Waals surface area contributed by atoms with Crippen LogP contribution in [0.5, 0.6) is 0 Å². The van der Waals surface area contributed by atoms with Gasteiger partial charge in [-0.05, 0) is 12.1 Å². The normalized spacial score (nSPS) is 9.80. The Kier molecular flexibility index (Phi) is 4.89. The zero-order chi connectivity index (χ0) is 14.2. The SMILES string of the molecule is O=C(O)CCc1coc(-c2ccccccccc2)n1. The lowest BCUT2D eigenvalue weighted by atomic mass is 10.2. The Morgan fingerprint density at radius 1 is 1.05 bits per heavy atom. The van der Waals surface area contributed by atoms with Gasteiger partial charge in [-0.15, -0.1) is 0 Å². The number of hydrogen-bond donors (Lipinski definition) is 1. The summed E-state index contributed by atoms with van der Waals surface area (Å²) >= 11 is 0. The van der Waals surface area contributed by atoms with Gasteiger partial charge in [0.2, 0.25) is 5.89 Å². The van der Waals surface area contributed by atoms with Crippen molar-refractivity contribution in [2.45, 2.75) is 12.8 Å². The molecule has 4 heteroatoms. The Balaban J connectivity index is 2.25. The van der Waals surface area contributed by atoms with E-state index in [2.05, 4.69) is 4.98 Å². The third-order valence-corrected chi connectivity index (χ3v) is 2.61. The van der Waals surface area contributed by atoms with Crippen LogP contribution >= 0.6 is 0 Å². The molecule has 0 amide bonds. The van der Waals surface area contributed by atoms with Crippen LogP contribution in [0.25, 0.3) is 11.5 Å². The number of carbonyl (C=O) groups is 1. The van der Waals surface area contributed by atoms with Crippen LogP contribution in [0.1, 0.15) is 12.1 Å². The number of aryl methyl sites for hydroxylation is 1. The lowest BCUT2D eigenvalue weighted by Gasteiger charge is -1.91. The molecule has 1 heterocycles. The minimum atomic E-state index is -0.841. The van der Waals surface area contributed by atoms with Crippen molar-refractivity contribution in [2.24, 2.45) is 0 Å². The van der Waals surface area contributed by atoms with Crippen molar-refractivity contribution < 1.29 is 14.3 Å². The molecule has 0 aliphatic heterocycles. The fourth-order valence-electron chi connectivity index (χ4n) is 1.63. The molecule has 0 unspecified atom stereocenters. The van der Waals surface area contributed by atoms with E-state index < -0.39 is 5.97 Å². The third-order valence-electron chi connectivity index (χ3n) is 2.61. The van der Waals surface area contributed by atoms with E-state index in [0.717, 1.165) is 5.56 Å². The maximum absolute atomic E-state index is 10.5. The quantitative estimate of drug-likeness (QED) is 0.922. The Morgan fingerprint density at radius 2 is 1.65 bits per heavy atom. The Hall–Kier alpha value is -2.62. The van der Waals surface area contributed by atoms with Gasteiger partial charge in [0.25, 0.3) is 0 Å². The molecule has 0 bridgehead atoms. The standard InChI is InChI=1S/C16H15NO3/c18-15(19)11-10-14-12-20-16(17-14)13-8-6-4-2-1-3-5-7-9-13/h1-9,12H,10-11H2,(H,18,19). The molecule has 0 radical (unpaired) electrons. The van der Waals surface area contributed by atoms with E-state index >= 15 is 0 Å². The summed E-state index contributed by atoms with van der Waals surface area (Å²) in [5.41, 5.74) is 1.48. The number of aliphatic carboxylic acids is 1. The molecular formula is C16H15NO3. The highest BCUT2D eigenvalue weighted by atomic mass is 16.4. The minimum absolute atomic E-state index is 0.0499. The van der Waals surface area contributed by atoms with E-state index in [4.69, 9.17) is 9.52 Å². The average molecular weight is 269 g/mol. The molecule has 20 heavy (non-hydrogen) atoms. The molecule has 2 aromatic rings. The Labute approximate surface area is 117 Å². The van der Waals surface area contributed by atoms with Gasteiger partial charge >= 0.3 is 5.97 Å². The molecular weight excluding hydrogens is 254 g/mol. The summed E-state index contributed by atoms with van der Waals surface area (Å²) in [4.78, 5) is 14.8. The first-order valence-electron chi connectivity index (χ1n) is 6.30. The second-order valence-corrected chi connectivity index (χ2v) is 4.17. The van der Waals surface area contributed by atoms with E-state index in [1.807, 2.05) is 54.6 Å². The van der Waals surface area contributed by atoms with Gasteiger partial charge in [0.1, 0.15) is 6.26 Å². The number of nitrogens with zero attached hydrogens (tertiary/aromatic N) is 1. The molecule has 0 aliphatic carbocycles. The summed E-state index contributed by atoms with van der Waals surface area (Å²) in [7, 11) is 0. The van der Waals surface area contributed by atoms with E-state index in [1.54, 1.807) is 0 Å². The lowest BCUT2D eigenvalue weighted by molar-refractivity contribution is -0.136. The van der Waals surface area contributed by atoms with Crippen molar-refractivity contribution in [3.8, 4) is 11.5 Å². The van der Waals surface area contributed by atoms with Crippen LogP contribution in [0, 0.1) is 0 Å². The van der Waals surface area contributed by atoms with Gasteiger partial charge in [-0.25, -0.2) is 4.98 Å². The summed E-state index contributed by atoms with van der Waals surface area (Å²) in [5.74, 6) is -0.351. The van der Waals surface area contributed by atoms with E-state index in [9.17, 15) is 4.79 Å². The first-order chi connectivity index (χ1) is 9.75. The molecule has 0 atom stereocenters. The van der Waals surface area contributed by atoms with E-state index in [-0.39, 0.29) is 6.42 Å². The zero-order valence-corrected chi connectivity index (χ0v) is 10.9. The van der Waals surface area contributed by atoms with Gasteiger partial charge in [0.15, 0.2) is 0 Å². The summed E-state index contributed by atoms with van der Waals surface area (Å²) in [6.07, 6.45) is 1.92. The molecule has 1 N–H and O–H groups in total. The Morgan fingerprint density at radius 3 is 2.25 bits per heavy atom. The van der Waals surface area contributed by atoms with Crippen molar-refractivity contribution in [3.05, 3.63) is 66.6 Å². The predicted molar refractivity (Wildman–Crippen MR) is 75.5 cm³/mol. The first kappa shape index (κ1) is 13.8. The van der Waals surface area contributed by atoms with E-state index in [1.165, 1.54) is 6.26 Å². The fraction of sp³-hybridized carbons (Fsp3) is 0.125. The smallest absolute Gasteiger partial charge is 0.303 e. The van der Waals surface area contributed by atoms with Crippen molar-refractivity contribution in [2.75, 3.05) is 0 Å². The van der Waals surface area contributed by atoms with Crippen LogP contribution < -0.4 is 0 Å². The molecule has 0 spiro atoms. The number of carboxylic acids is 1. The largest absolute Gasteiger partial charge is 0.481 e. The van der Waals surface area contributed by atoms with Gasteiger partial charge in [0.05, 0.1) is 12.1 Å². The van der Waals surface area contributed by atoms with Crippen LogP contribution in [0.2, 0.25) is 0 Å². The molecule has 4 nitrogen and oxygen atoms in total. The fourth-order valence-corrected chi connectivity index (χ4v) is 1.63. The predicted octanol–water partition coefficient (Wildman–Crippen LogP) is 3.48.